The molecule has 0 amide bonds. The van der Waals surface area contributed by atoms with E-state index >= 15 is 0 Å². The van der Waals surface area contributed by atoms with Crippen molar-refractivity contribution in [2.24, 2.45) is 13.0 Å². The molecule has 84 valence electrons. The van der Waals surface area contributed by atoms with Gasteiger partial charge in [-0.15, -0.1) is 0 Å². The third kappa shape index (κ3) is 2.59. The molecule has 1 aromatic rings. The number of rotatable bonds is 3. The summed E-state index contributed by atoms with van der Waals surface area (Å²) in [6, 6.07) is 0.722. The molecule has 1 aliphatic carbocycles. The van der Waals surface area contributed by atoms with Gasteiger partial charge in [-0.05, 0) is 32.1 Å². The van der Waals surface area contributed by atoms with Crippen molar-refractivity contribution in [3.8, 4) is 0 Å². The molecule has 1 aliphatic rings. The summed E-state index contributed by atoms with van der Waals surface area (Å²) in [5, 5.41) is 7.98. The van der Waals surface area contributed by atoms with Crippen LogP contribution in [0.4, 0.5) is 0 Å². The van der Waals surface area contributed by atoms with Crippen LogP contribution in [0.1, 0.15) is 37.4 Å². The Labute approximate surface area is 91.9 Å². The fraction of sp³-hybridized carbons (Fsp3) is 0.750. The van der Waals surface area contributed by atoms with E-state index in [2.05, 4.69) is 30.5 Å². The smallest absolute Gasteiger partial charge is 0.0638 e. The lowest BCUT2D eigenvalue weighted by molar-refractivity contribution is 0.501. The summed E-state index contributed by atoms with van der Waals surface area (Å²) in [5.41, 5.74) is 2.48. The molecule has 2 rings (SSSR count). The van der Waals surface area contributed by atoms with Gasteiger partial charge in [-0.25, -0.2) is 0 Å². The maximum Gasteiger partial charge on any atom is 0.0638 e. The van der Waals surface area contributed by atoms with E-state index in [1.807, 2.05) is 11.7 Å². The Kier molecular flexibility index (Phi) is 3.10. The number of nitrogens with zero attached hydrogens (tertiary/aromatic N) is 2. The number of hydrogen-bond donors (Lipinski definition) is 1. The molecule has 2 atom stereocenters. The molecule has 1 N–H and O–H groups in total. The van der Waals surface area contributed by atoms with Gasteiger partial charge in [0, 0.05) is 31.4 Å². The van der Waals surface area contributed by atoms with E-state index in [0.29, 0.717) is 0 Å². The van der Waals surface area contributed by atoms with Gasteiger partial charge < -0.3 is 5.32 Å². The van der Waals surface area contributed by atoms with E-state index in [0.717, 1.165) is 24.2 Å². The Morgan fingerprint density at radius 2 is 2.33 bits per heavy atom. The summed E-state index contributed by atoms with van der Waals surface area (Å²) in [6.07, 6.45) is 6.16. The quantitative estimate of drug-likeness (QED) is 0.821. The van der Waals surface area contributed by atoms with Crippen LogP contribution in [0.2, 0.25) is 0 Å². The molecule has 0 aliphatic heterocycles. The highest BCUT2D eigenvalue weighted by Crippen LogP contribution is 2.24. The number of aromatic nitrogens is 2. The topological polar surface area (TPSA) is 29.9 Å². The zero-order chi connectivity index (χ0) is 10.8. The lowest BCUT2D eigenvalue weighted by atomic mass is 10.1. The second-order valence-electron chi connectivity index (χ2n) is 4.91. The van der Waals surface area contributed by atoms with Crippen molar-refractivity contribution in [2.45, 2.75) is 45.7 Å². The Bertz CT molecular complexity index is 330. The van der Waals surface area contributed by atoms with Gasteiger partial charge in [0.1, 0.15) is 0 Å². The van der Waals surface area contributed by atoms with Gasteiger partial charge in [0.25, 0.3) is 0 Å². The maximum atomic E-state index is 4.35. The molecule has 0 saturated heterocycles. The molecule has 2 unspecified atom stereocenters. The highest BCUT2D eigenvalue weighted by molar-refractivity contribution is 5.14. The van der Waals surface area contributed by atoms with Crippen molar-refractivity contribution in [2.75, 3.05) is 0 Å². The molecule has 0 aromatic carbocycles. The number of aryl methyl sites for hydroxylation is 2. The predicted octanol–water partition coefficient (Wildman–Crippen LogP) is 2.01. The van der Waals surface area contributed by atoms with Crippen LogP contribution in [0.5, 0.6) is 0 Å². The first-order valence-electron chi connectivity index (χ1n) is 5.87. The third-order valence-electron chi connectivity index (χ3n) is 3.39. The van der Waals surface area contributed by atoms with E-state index in [1.54, 1.807) is 0 Å². The molecule has 1 fully saturated rings. The molecular formula is C12H21N3. The minimum Gasteiger partial charge on any atom is -0.310 e. The first kappa shape index (κ1) is 10.7. The largest absolute Gasteiger partial charge is 0.310 e. The molecule has 1 saturated carbocycles. The van der Waals surface area contributed by atoms with Gasteiger partial charge in [-0.1, -0.05) is 6.92 Å². The van der Waals surface area contributed by atoms with Crippen molar-refractivity contribution >= 4 is 0 Å². The minimum absolute atomic E-state index is 0.722. The monoisotopic (exact) mass is 207 g/mol. The molecular weight excluding hydrogens is 186 g/mol. The van der Waals surface area contributed by atoms with Crippen molar-refractivity contribution in [3.63, 3.8) is 0 Å². The van der Waals surface area contributed by atoms with Gasteiger partial charge >= 0.3 is 0 Å². The zero-order valence-corrected chi connectivity index (χ0v) is 9.95. The molecule has 15 heavy (non-hydrogen) atoms. The molecule has 3 heteroatoms. The average molecular weight is 207 g/mol. The van der Waals surface area contributed by atoms with E-state index in [1.165, 1.54) is 24.8 Å². The lowest BCUT2D eigenvalue weighted by Gasteiger charge is -2.11. The van der Waals surface area contributed by atoms with Crippen LogP contribution in [-0.2, 0) is 13.6 Å². The summed E-state index contributed by atoms with van der Waals surface area (Å²) < 4.78 is 1.89. The first-order chi connectivity index (χ1) is 7.15. The molecule has 0 radical (unpaired) electrons. The van der Waals surface area contributed by atoms with Crippen LogP contribution in [0.3, 0.4) is 0 Å². The summed E-state index contributed by atoms with van der Waals surface area (Å²) in [4.78, 5) is 0. The van der Waals surface area contributed by atoms with Crippen molar-refractivity contribution in [1.82, 2.24) is 15.1 Å². The second kappa shape index (κ2) is 4.35. The molecule has 0 bridgehead atoms. The fourth-order valence-electron chi connectivity index (χ4n) is 2.47. The standard InChI is InChI=1S/C12H21N3/c1-9-4-5-12(6-9)13-7-11-8-15(3)14-10(11)2/h8-9,12-13H,4-7H2,1-3H3. The van der Waals surface area contributed by atoms with Crippen molar-refractivity contribution in [3.05, 3.63) is 17.5 Å². The van der Waals surface area contributed by atoms with Gasteiger partial charge in [-0.2, -0.15) is 5.10 Å². The fourth-order valence-corrected chi connectivity index (χ4v) is 2.47. The van der Waals surface area contributed by atoms with E-state index in [-0.39, 0.29) is 0 Å². The SMILES string of the molecule is Cc1nn(C)cc1CNC1CCC(C)C1. The summed E-state index contributed by atoms with van der Waals surface area (Å²) >= 11 is 0. The molecule has 3 nitrogen and oxygen atoms in total. The van der Waals surface area contributed by atoms with E-state index < -0.39 is 0 Å². The summed E-state index contributed by atoms with van der Waals surface area (Å²) in [6.45, 7) is 5.39. The minimum atomic E-state index is 0.722. The van der Waals surface area contributed by atoms with E-state index in [9.17, 15) is 0 Å². The summed E-state index contributed by atoms with van der Waals surface area (Å²) in [5.74, 6) is 0.900. The second-order valence-corrected chi connectivity index (χ2v) is 4.91. The average Bonchev–Trinajstić information content (AvgIpc) is 2.70. The zero-order valence-electron chi connectivity index (χ0n) is 9.95. The maximum absolute atomic E-state index is 4.35. The van der Waals surface area contributed by atoms with Crippen molar-refractivity contribution in [1.29, 1.82) is 0 Å². The van der Waals surface area contributed by atoms with Crippen LogP contribution in [0.25, 0.3) is 0 Å². The Morgan fingerprint density at radius 3 is 2.87 bits per heavy atom. The van der Waals surface area contributed by atoms with Gasteiger partial charge in [0.2, 0.25) is 0 Å². The first-order valence-corrected chi connectivity index (χ1v) is 5.87. The highest BCUT2D eigenvalue weighted by atomic mass is 15.2. The Balaban J connectivity index is 1.85. The van der Waals surface area contributed by atoms with Crippen LogP contribution in [0, 0.1) is 12.8 Å². The Morgan fingerprint density at radius 1 is 1.53 bits per heavy atom. The van der Waals surface area contributed by atoms with Gasteiger partial charge in [0.05, 0.1) is 5.69 Å². The lowest BCUT2D eigenvalue weighted by Crippen LogP contribution is -2.25. The summed E-state index contributed by atoms with van der Waals surface area (Å²) in [7, 11) is 1.98. The van der Waals surface area contributed by atoms with Gasteiger partial charge in [0.15, 0.2) is 0 Å². The van der Waals surface area contributed by atoms with Crippen LogP contribution in [-0.4, -0.2) is 15.8 Å². The third-order valence-corrected chi connectivity index (χ3v) is 3.39. The van der Waals surface area contributed by atoms with Crippen LogP contribution >= 0.6 is 0 Å². The van der Waals surface area contributed by atoms with Crippen molar-refractivity contribution < 1.29 is 0 Å². The highest BCUT2D eigenvalue weighted by Gasteiger charge is 2.20. The predicted molar refractivity (Wildman–Crippen MR) is 61.6 cm³/mol. The Hall–Kier alpha value is -0.830. The molecule has 1 aromatic heterocycles. The molecule has 0 spiro atoms. The van der Waals surface area contributed by atoms with E-state index in [4.69, 9.17) is 0 Å². The molecule has 1 heterocycles. The number of hydrogen-bond acceptors (Lipinski definition) is 2. The number of nitrogens with one attached hydrogen (secondary N) is 1. The van der Waals surface area contributed by atoms with Crippen LogP contribution in [0.15, 0.2) is 6.20 Å². The van der Waals surface area contributed by atoms with Gasteiger partial charge in [-0.3, -0.25) is 4.68 Å². The van der Waals surface area contributed by atoms with Crippen LogP contribution < -0.4 is 5.32 Å². The normalized spacial score (nSPS) is 26.1.